The van der Waals surface area contributed by atoms with Crippen LogP contribution < -0.4 is 16.6 Å². The van der Waals surface area contributed by atoms with Gasteiger partial charge in [-0.25, -0.2) is 19.6 Å². The second-order valence-corrected chi connectivity index (χ2v) is 5.12. The summed E-state index contributed by atoms with van der Waals surface area (Å²) >= 11 is 3.16. The Labute approximate surface area is 127 Å². The van der Waals surface area contributed by atoms with E-state index >= 15 is 0 Å². The van der Waals surface area contributed by atoms with Gasteiger partial charge in [-0.3, -0.25) is 4.79 Å². The molecule has 0 atom stereocenters. The smallest absolute Gasteiger partial charge is 0.259 e. The summed E-state index contributed by atoms with van der Waals surface area (Å²) in [5, 5.41) is 2.19. The first-order chi connectivity index (χ1) is 9.93. The molecule has 0 saturated carbocycles. The lowest BCUT2D eigenvalue weighted by molar-refractivity contribution is 0.102. The zero-order valence-corrected chi connectivity index (χ0v) is 12.5. The third-order valence-electron chi connectivity index (χ3n) is 2.76. The first-order valence-corrected chi connectivity index (χ1v) is 6.61. The molecule has 0 saturated heterocycles. The van der Waals surface area contributed by atoms with Gasteiger partial charge >= 0.3 is 0 Å². The van der Waals surface area contributed by atoms with Crippen LogP contribution in [0.25, 0.3) is 0 Å². The van der Waals surface area contributed by atoms with E-state index < -0.39 is 23.2 Å². The van der Waals surface area contributed by atoms with Gasteiger partial charge in [-0.1, -0.05) is 6.07 Å². The predicted octanol–water partition coefficient (Wildman–Crippen LogP) is 2.97. The van der Waals surface area contributed by atoms with Crippen molar-refractivity contribution in [3.8, 4) is 0 Å². The molecule has 1 aromatic heterocycles. The number of amides is 1. The summed E-state index contributed by atoms with van der Waals surface area (Å²) in [6.07, 6.45) is 1.43. The Kier molecular flexibility index (Phi) is 4.49. The maximum Gasteiger partial charge on any atom is 0.259 e. The highest BCUT2D eigenvalue weighted by atomic mass is 79.9. The number of hydrazine groups is 1. The fraction of sp³-hybridized carbons (Fsp3) is 0.0769. The molecule has 2 rings (SSSR count). The second kappa shape index (κ2) is 6.15. The Balaban J connectivity index is 2.39. The second-order valence-electron chi connectivity index (χ2n) is 4.20. The van der Waals surface area contributed by atoms with Crippen molar-refractivity contribution in [2.45, 2.75) is 6.92 Å². The number of anilines is 2. The lowest BCUT2D eigenvalue weighted by atomic mass is 10.1. The van der Waals surface area contributed by atoms with Gasteiger partial charge in [0.1, 0.15) is 11.5 Å². The number of pyridine rings is 1. The fourth-order valence-corrected chi connectivity index (χ4v) is 2.01. The van der Waals surface area contributed by atoms with Crippen molar-refractivity contribution >= 4 is 33.3 Å². The fourth-order valence-electron chi connectivity index (χ4n) is 1.68. The predicted molar refractivity (Wildman–Crippen MR) is 78.8 cm³/mol. The van der Waals surface area contributed by atoms with Crippen molar-refractivity contribution in [2.24, 2.45) is 5.84 Å². The van der Waals surface area contributed by atoms with Crippen LogP contribution in [0.2, 0.25) is 0 Å². The standard InChI is InChI=1S/C13H11BrF2N4O/c1-6-2-3-9(15)11(10(6)16)19-13(21)8-4-7(14)5-18-12(8)20-17/h2-5H,17H2,1H3,(H,18,20)(H,19,21). The van der Waals surface area contributed by atoms with Gasteiger partial charge in [0.05, 0.1) is 5.56 Å². The minimum absolute atomic E-state index is 0.0483. The topological polar surface area (TPSA) is 80.0 Å². The van der Waals surface area contributed by atoms with E-state index in [1.165, 1.54) is 25.3 Å². The van der Waals surface area contributed by atoms with Crippen LogP contribution in [0.3, 0.4) is 0 Å². The Bertz CT molecular complexity index is 709. The van der Waals surface area contributed by atoms with Crippen LogP contribution in [-0.2, 0) is 0 Å². The first-order valence-electron chi connectivity index (χ1n) is 5.82. The lowest BCUT2D eigenvalue weighted by Crippen LogP contribution is -2.19. The van der Waals surface area contributed by atoms with Crippen molar-refractivity contribution in [2.75, 3.05) is 10.7 Å². The van der Waals surface area contributed by atoms with Gasteiger partial charge in [0.15, 0.2) is 11.6 Å². The minimum atomic E-state index is -0.864. The monoisotopic (exact) mass is 356 g/mol. The van der Waals surface area contributed by atoms with E-state index in [-0.39, 0.29) is 16.9 Å². The van der Waals surface area contributed by atoms with Crippen LogP contribution in [0.1, 0.15) is 15.9 Å². The highest BCUT2D eigenvalue weighted by Gasteiger charge is 2.18. The molecule has 0 fully saturated rings. The van der Waals surface area contributed by atoms with Crippen LogP contribution in [0.15, 0.2) is 28.9 Å². The summed E-state index contributed by atoms with van der Waals surface area (Å²) in [4.78, 5) is 16.1. The molecule has 0 aliphatic rings. The number of carbonyl (C=O) groups is 1. The van der Waals surface area contributed by atoms with Gasteiger partial charge in [-0.15, -0.1) is 0 Å². The summed E-state index contributed by atoms with van der Waals surface area (Å²) in [6.45, 7) is 1.47. The molecule has 0 bridgehead atoms. The van der Waals surface area contributed by atoms with E-state index in [4.69, 9.17) is 5.84 Å². The van der Waals surface area contributed by atoms with Gasteiger partial charge in [-0.2, -0.15) is 0 Å². The quantitative estimate of drug-likeness (QED) is 0.583. The molecular formula is C13H11BrF2N4O. The number of nitrogen functional groups attached to an aromatic ring is 1. The molecule has 0 radical (unpaired) electrons. The number of aryl methyl sites for hydroxylation is 1. The van der Waals surface area contributed by atoms with E-state index in [0.29, 0.717) is 4.47 Å². The zero-order chi connectivity index (χ0) is 15.6. The molecule has 1 amide bonds. The van der Waals surface area contributed by atoms with Crippen LogP contribution in [0, 0.1) is 18.6 Å². The summed E-state index contributed by atoms with van der Waals surface area (Å²) in [7, 11) is 0. The van der Waals surface area contributed by atoms with Gasteiger partial charge in [0, 0.05) is 10.7 Å². The Morgan fingerprint density at radius 1 is 1.38 bits per heavy atom. The Morgan fingerprint density at radius 3 is 2.76 bits per heavy atom. The molecule has 110 valence electrons. The number of benzene rings is 1. The molecule has 0 spiro atoms. The largest absolute Gasteiger partial charge is 0.317 e. The molecule has 0 aliphatic heterocycles. The minimum Gasteiger partial charge on any atom is -0.317 e. The number of hydrogen-bond acceptors (Lipinski definition) is 4. The number of hydrogen-bond donors (Lipinski definition) is 3. The highest BCUT2D eigenvalue weighted by Crippen LogP contribution is 2.24. The molecule has 0 aliphatic carbocycles. The maximum atomic E-state index is 13.9. The van der Waals surface area contributed by atoms with E-state index in [9.17, 15) is 13.6 Å². The van der Waals surface area contributed by atoms with Crippen molar-refractivity contribution < 1.29 is 13.6 Å². The number of carbonyl (C=O) groups excluding carboxylic acids is 1. The first kappa shape index (κ1) is 15.3. The van der Waals surface area contributed by atoms with Crippen LogP contribution in [-0.4, -0.2) is 10.9 Å². The molecule has 21 heavy (non-hydrogen) atoms. The van der Waals surface area contributed by atoms with Crippen molar-refractivity contribution in [3.63, 3.8) is 0 Å². The zero-order valence-electron chi connectivity index (χ0n) is 10.9. The SMILES string of the molecule is Cc1ccc(F)c(NC(=O)c2cc(Br)cnc2NN)c1F. The molecule has 0 unspecified atom stereocenters. The number of aromatic nitrogens is 1. The molecule has 2 aromatic rings. The summed E-state index contributed by atoms with van der Waals surface area (Å²) < 4.78 is 28.1. The van der Waals surface area contributed by atoms with Gasteiger partial charge in [0.2, 0.25) is 0 Å². The molecule has 1 aromatic carbocycles. The highest BCUT2D eigenvalue weighted by molar-refractivity contribution is 9.10. The summed E-state index contributed by atoms with van der Waals surface area (Å²) in [5.41, 5.74) is 2.01. The van der Waals surface area contributed by atoms with Gasteiger partial charge < -0.3 is 10.7 Å². The van der Waals surface area contributed by atoms with Crippen LogP contribution in [0.5, 0.6) is 0 Å². The van der Waals surface area contributed by atoms with E-state index in [0.717, 1.165) is 6.07 Å². The van der Waals surface area contributed by atoms with Crippen molar-refractivity contribution in [3.05, 3.63) is 51.6 Å². The molecule has 4 N–H and O–H groups in total. The number of halogens is 3. The Hall–Kier alpha value is -2.06. The average Bonchev–Trinajstić information content (AvgIpc) is 2.47. The lowest BCUT2D eigenvalue weighted by Gasteiger charge is -2.11. The number of nitrogens with zero attached hydrogens (tertiary/aromatic N) is 1. The summed E-state index contributed by atoms with van der Waals surface area (Å²) in [6, 6.07) is 3.80. The summed E-state index contributed by atoms with van der Waals surface area (Å²) in [5.74, 6) is 2.92. The number of nitrogens with one attached hydrogen (secondary N) is 2. The molecular weight excluding hydrogens is 346 g/mol. The molecule has 8 heteroatoms. The van der Waals surface area contributed by atoms with Gasteiger partial charge in [0.25, 0.3) is 5.91 Å². The molecule has 5 nitrogen and oxygen atoms in total. The van der Waals surface area contributed by atoms with E-state index in [1.807, 2.05) is 0 Å². The van der Waals surface area contributed by atoms with Crippen molar-refractivity contribution in [1.29, 1.82) is 0 Å². The van der Waals surface area contributed by atoms with E-state index in [1.54, 1.807) is 0 Å². The van der Waals surface area contributed by atoms with Gasteiger partial charge in [-0.05, 0) is 40.5 Å². The average molecular weight is 357 g/mol. The molecule has 1 heterocycles. The number of nitrogens with two attached hydrogens (primary N) is 1. The number of rotatable bonds is 3. The maximum absolute atomic E-state index is 13.9. The van der Waals surface area contributed by atoms with E-state index in [2.05, 4.69) is 31.7 Å². The van der Waals surface area contributed by atoms with Crippen LogP contribution >= 0.6 is 15.9 Å². The third-order valence-corrected chi connectivity index (χ3v) is 3.19. The third kappa shape index (κ3) is 3.17. The Morgan fingerprint density at radius 2 is 2.10 bits per heavy atom. The van der Waals surface area contributed by atoms with Crippen molar-refractivity contribution in [1.82, 2.24) is 4.98 Å². The van der Waals surface area contributed by atoms with Crippen LogP contribution in [0.4, 0.5) is 20.3 Å². The normalized spacial score (nSPS) is 10.3.